The maximum absolute atomic E-state index is 12.5. The van der Waals surface area contributed by atoms with E-state index in [0.717, 1.165) is 15.9 Å². The number of rotatable bonds is 5. The zero-order chi connectivity index (χ0) is 18.0. The number of benzene rings is 1. The molecule has 25 heavy (non-hydrogen) atoms. The number of hydrogen-bond acceptors (Lipinski definition) is 5. The highest BCUT2D eigenvalue weighted by Crippen LogP contribution is 2.24. The summed E-state index contributed by atoms with van der Waals surface area (Å²) in [6, 6.07) is 13.1. The maximum atomic E-state index is 12.5. The average Bonchev–Trinajstić information content (AvgIpc) is 2.94. The first-order valence-corrected chi connectivity index (χ1v) is 9.45. The highest BCUT2D eigenvalue weighted by atomic mass is 79.9. The largest absolute Gasteiger partial charge is 0.293 e. The summed E-state index contributed by atoms with van der Waals surface area (Å²) in [6.45, 7) is 5.80. The van der Waals surface area contributed by atoms with Crippen molar-refractivity contribution in [3.8, 4) is 5.82 Å². The Morgan fingerprint density at radius 3 is 2.40 bits per heavy atom. The molecule has 0 N–H and O–H groups in total. The summed E-state index contributed by atoms with van der Waals surface area (Å²) in [5, 5.41) is 13.3. The average molecular weight is 417 g/mol. The molecule has 0 radical (unpaired) electrons. The molecule has 2 heterocycles. The number of hydrogen-bond donors (Lipinski definition) is 0. The Bertz CT molecular complexity index is 890. The van der Waals surface area contributed by atoms with Gasteiger partial charge in [0, 0.05) is 15.7 Å². The van der Waals surface area contributed by atoms with Crippen LogP contribution >= 0.6 is 27.7 Å². The highest BCUT2D eigenvalue weighted by molar-refractivity contribution is 9.10. The Hall–Kier alpha value is -1.99. The molecule has 0 amide bonds. The predicted molar refractivity (Wildman–Crippen MR) is 102 cm³/mol. The van der Waals surface area contributed by atoms with Gasteiger partial charge in [0.25, 0.3) is 0 Å². The van der Waals surface area contributed by atoms with E-state index in [9.17, 15) is 4.79 Å². The molecular formula is C18H17BrN4OS. The van der Waals surface area contributed by atoms with Crippen LogP contribution in [0.3, 0.4) is 0 Å². The minimum Gasteiger partial charge on any atom is -0.293 e. The fourth-order valence-corrected chi connectivity index (χ4v) is 3.54. The topological polar surface area (TPSA) is 60.7 Å². The number of Topliss-reactive ketones (excluding diaryl/α,β-unsaturated/α-hetero) is 1. The Morgan fingerprint density at radius 2 is 1.84 bits per heavy atom. The van der Waals surface area contributed by atoms with Crippen molar-refractivity contribution in [2.24, 2.45) is 0 Å². The third kappa shape index (κ3) is 4.16. The highest BCUT2D eigenvalue weighted by Gasteiger charge is 2.17. The summed E-state index contributed by atoms with van der Waals surface area (Å²) in [5.74, 6) is 0.740. The molecule has 1 unspecified atom stereocenters. The van der Waals surface area contributed by atoms with E-state index in [1.807, 2.05) is 63.2 Å². The van der Waals surface area contributed by atoms with Crippen molar-refractivity contribution in [2.75, 3.05) is 0 Å². The van der Waals surface area contributed by atoms with Gasteiger partial charge in [-0.1, -0.05) is 39.8 Å². The van der Waals surface area contributed by atoms with Gasteiger partial charge in [-0.15, -0.1) is 10.2 Å². The van der Waals surface area contributed by atoms with Crippen LogP contribution < -0.4 is 0 Å². The summed E-state index contributed by atoms with van der Waals surface area (Å²) in [5.41, 5.74) is 2.63. The van der Waals surface area contributed by atoms with E-state index in [0.29, 0.717) is 16.4 Å². The van der Waals surface area contributed by atoms with Crippen LogP contribution in [-0.2, 0) is 0 Å². The van der Waals surface area contributed by atoms with Crippen LogP contribution in [0, 0.1) is 13.8 Å². The molecule has 0 saturated heterocycles. The van der Waals surface area contributed by atoms with Crippen LogP contribution in [0.5, 0.6) is 0 Å². The molecule has 0 bridgehead atoms. The lowest BCUT2D eigenvalue weighted by molar-refractivity contribution is 0.0994. The van der Waals surface area contributed by atoms with Crippen molar-refractivity contribution < 1.29 is 4.79 Å². The lowest BCUT2D eigenvalue weighted by atomic mass is 10.1. The smallest absolute Gasteiger partial charge is 0.175 e. The number of ketones is 1. The second-order valence-electron chi connectivity index (χ2n) is 5.70. The second kappa shape index (κ2) is 7.49. The second-order valence-corrected chi connectivity index (χ2v) is 7.98. The Balaban J connectivity index is 1.71. The number of aryl methyl sites for hydroxylation is 2. The minimum atomic E-state index is -0.241. The number of aromatic nitrogens is 4. The van der Waals surface area contributed by atoms with Gasteiger partial charge in [-0.3, -0.25) is 4.79 Å². The quantitative estimate of drug-likeness (QED) is 0.455. The zero-order valence-corrected chi connectivity index (χ0v) is 16.5. The molecule has 7 heteroatoms. The van der Waals surface area contributed by atoms with Crippen molar-refractivity contribution in [1.29, 1.82) is 0 Å². The fourth-order valence-electron chi connectivity index (χ4n) is 2.43. The number of nitrogens with zero attached hydrogens (tertiary/aromatic N) is 4. The van der Waals surface area contributed by atoms with Gasteiger partial charge in [-0.25, -0.2) is 4.68 Å². The molecule has 2 aromatic heterocycles. The van der Waals surface area contributed by atoms with E-state index >= 15 is 0 Å². The first kappa shape index (κ1) is 17.8. The van der Waals surface area contributed by atoms with Gasteiger partial charge in [0.1, 0.15) is 5.03 Å². The van der Waals surface area contributed by atoms with Crippen molar-refractivity contribution in [2.45, 2.75) is 31.0 Å². The molecule has 1 aromatic carbocycles. The summed E-state index contributed by atoms with van der Waals surface area (Å²) in [4.78, 5) is 12.5. The molecular weight excluding hydrogens is 400 g/mol. The lowest BCUT2D eigenvalue weighted by Crippen LogP contribution is -2.14. The first-order chi connectivity index (χ1) is 11.9. The molecule has 5 nitrogen and oxygen atoms in total. The molecule has 1 atom stereocenters. The van der Waals surface area contributed by atoms with Gasteiger partial charge >= 0.3 is 0 Å². The molecule has 128 valence electrons. The maximum Gasteiger partial charge on any atom is 0.175 e. The molecule has 0 fully saturated rings. The van der Waals surface area contributed by atoms with E-state index in [1.165, 1.54) is 11.8 Å². The van der Waals surface area contributed by atoms with Crippen LogP contribution in [0.1, 0.15) is 28.7 Å². The molecule has 0 spiro atoms. The lowest BCUT2D eigenvalue weighted by Gasteiger charge is -2.10. The predicted octanol–water partition coefficient (Wildman–Crippen LogP) is 4.41. The minimum absolute atomic E-state index is 0.0712. The van der Waals surface area contributed by atoms with E-state index in [-0.39, 0.29) is 11.0 Å². The van der Waals surface area contributed by atoms with Crippen molar-refractivity contribution in [1.82, 2.24) is 20.0 Å². The number of thioether (sulfide) groups is 1. The number of carbonyl (C=O) groups is 1. The summed E-state index contributed by atoms with van der Waals surface area (Å²) >= 11 is 4.78. The van der Waals surface area contributed by atoms with Crippen molar-refractivity contribution >= 4 is 33.5 Å². The zero-order valence-electron chi connectivity index (χ0n) is 14.1. The van der Waals surface area contributed by atoms with Crippen LogP contribution in [0.4, 0.5) is 0 Å². The van der Waals surface area contributed by atoms with Gasteiger partial charge in [0.05, 0.1) is 10.9 Å². The SMILES string of the molecule is Cc1cc(C)n(-c2ccc(SC(C)C(=O)c3ccc(Br)cc3)nn2)n1. The number of halogens is 1. The standard InChI is InChI=1S/C18H17BrN4OS/c1-11-10-12(2)23(22-11)16-8-9-17(21-20-16)25-13(3)18(24)14-4-6-15(19)7-5-14/h4-10,13H,1-3H3. The summed E-state index contributed by atoms with van der Waals surface area (Å²) < 4.78 is 2.71. The van der Waals surface area contributed by atoms with Crippen LogP contribution in [-0.4, -0.2) is 31.0 Å². The van der Waals surface area contributed by atoms with E-state index < -0.39 is 0 Å². The number of carbonyl (C=O) groups excluding carboxylic acids is 1. The molecule has 0 aliphatic heterocycles. The fraction of sp³-hybridized carbons (Fsp3) is 0.222. The monoisotopic (exact) mass is 416 g/mol. The molecule has 0 saturated carbocycles. The Morgan fingerprint density at radius 1 is 1.12 bits per heavy atom. The van der Waals surface area contributed by atoms with Crippen molar-refractivity contribution in [3.63, 3.8) is 0 Å². The van der Waals surface area contributed by atoms with Gasteiger partial charge < -0.3 is 0 Å². The molecule has 3 aromatic rings. The third-order valence-electron chi connectivity index (χ3n) is 3.65. The molecule has 0 aliphatic carbocycles. The van der Waals surface area contributed by atoms with Crippen LogP contribution in [0.25, 0.3) is 5.82 Å². The Labute approximate surface area is 159 Å². The van der Waals surface area contributed by atoms with Gasteiger partial charge in [0.15, 0.2) is 11.6 Å². The van der Waals surface area contributed by atoms with Crippen LogP contribution in [0.2, 0.25) is 0 Å². The van der Waals surface area contributed by atoms with E-state index in [2.05, 4.69) is 31.2 Å². The van der Waals surface area contributed by atoms with Crippen LogP contribution in [0.15, 0.2) is 52.0 Å². The first-order valence-electron chi connectivity index (χ1n) is 7.78. The summed E-state index contributed by atoms with van der Waals surface area (Å²) in [6.07, 6.45) is 0. The van der Waals surface area contributed by atoms with Gasteiger partial charge in [-0.05, 0) is 51.1 Å². The van der Waals surface area contributed by atoms with Gasteiger partial charge in [-0.2, -0.15) is 5.10 Å². The Kier molecular flexibility index (Phi) is 5.34. The van der Waals surface area contributed by atoms with E-state index in [1.54, 1.807) is 4.68 Å². The third-order valence-corrected chi connectivity index (χ3v) is 5.20. The molecule has 3 rings (SSSR count). The van der Waals surface area contributed by atoms with Gasteiger partial charge in [0.2, 0.25) is 0 Å². The normalized spacial score (nSPS) is 12.2. The summed E-state index contributed by atoms with van der Waals surface area (Å²) in [7, 11) is 0. The molecule has 0 aliphatic rings. The van der Waals surface area contributed by atoms with E-state index in [4.69, 9.17) is 0 Å². The van der Waals surface area contributed by atoms with Crippen molar-refractivity contribution in [3.05, 3.63) is 63.9 Å².